The maximum Gasteiger partial charge on any atom is 0.475 e. The molecule has 0 aromatic heterocycles. The smallest absolute Gasteiger partial charge is 0.465 e. The normalized spacial score (nSPS) is 14.1. The van der Waals surface area contributed by atoms with E-state index in [0.29, 0.717) is 6.07 Å². The molecule has 2 unspecified atom stereocenters. The Labute approximate surface area is 132 Å². The van der Waals surface area contributed by atoms with Gasteiger partial charge in [0.2, 0.25) is 0 Å². The van der Waals surface area contributed by atoms with Gasteiger partial charge in [-0.05, 0) is 19.1 Å². The molecule has 128 valence electrons. The third kappa shape index (κ3) is 5.10. The standard InChI is InChI=1S/C11H10F3NO6S2/c1-2-21-10(16)6-22(19)9-4-3-7(5-8(9)15(17)18)23(20)11(12,13)14/h3-5H,2,6H2,1H3. The number of nitro benzene ring substituents is 1. The number of ether oxygens (including phenoxy) is 1. The molecule has 0 aliphatic carbocycles. The zero-order chi connectivity index (χ0) is 17.8. The Morgan fingerprint density at radius 1 is 1.35 bits per heavy atom. The number of nitrogens with zero attached hydrogens (tertiary/aromatic N) is 1. The summed E-state index contributed by atoms with van der Waals surface area (Å²) >= 11 is 0. The van der Waals surface area contributed by atoms with Crippen LogP contribution < -0.4 is 0 Å². The zero-order valence-electron chi connectivity index (χ0n) is 11.5. The van der Waals surface area contributed by atoms with Gasteiger partial charge < -0.3 is 4.74 Å². The highest BCUT2D eigenvalue weighted by atomic mass is 32.2. The van der Waals surface area contributed by atoms with E-state index >= 15 is 0 Å². The largest absolute Gasteiger partial charge is 0.475 e. The second kappa shape index (κ2) is 7.64. The lowest BCUT2D eigenvalue weighted by atomic mass is 10.3. The highest BCUT2D eigenvalue weighted by molar-refractivity contribution is 7.86. The summed E-state index contributed by atoms with van der Waals surface area (Å²) in [5.41, 5.74) is -6.00. The van der Waals surface area contributed by atoms with E-state index in [2.05, 4.69) is 4.74 Å². The van der Waals surface area contributed by atoms with Crippen molar-refractivity contribution in [2.75, 3.05) is 12.4 Å². The highest BCUT2D eigenvalue weighted by Crippen LogP contribution is 2.31. The molecular formula is C11H10F3NO6S2. The second-order valence-corrected chi connectivity index (χ2v) is 6.79. The molecule has 0 aliphatic rings. The van der Waals surface area contributed by atoms with Gasteiger partial charge in [-0.2, -0.15) is 13.2 Å². The topological polar surface area (TPSA) is 104 Å². The number of carbonyl (C=O) groups is 1. The van der Waals surface area contributed by atoms with Gasteiger partial charge in [-0.1, -0.05) is 0 Å². The van der Waals surface area contributed by atoms with E-state index in [9.17, 15) is 36.5 Å². The molecule has 0 fully saturated rings. The summed E-state index contributed by atoms with van der Waals surface area (Å²) < 4.78 is 64.9. The first-order valence-electron chi connectivity index (χ1n) is 5.89. The molecule has 0 spiro atoms. The molecule has 0 amide bonds. The molecule has 1 aromatic rings. The highest BCUT2D eigenvalue weighted by Gasteiger charge is 2.39. The second-order valence-electron chi connectivity index (χ2n) is 3.90. The van der Waals surface area contributed by atoms with E-state index in [1.807, 2.05) is 0 Å². The van der Waals surface area contributed by atoms with E-state index in [0.717, 1.165) is 12.1 Å². The Morgan fingerprint density at radius 2 is 1.96 bits per heavy atom. The number of hydrogen-bond donors (Lipinski definition) is 0. The van der Waals surface area contributed by atoms with Crippen LogP contribution in [0.2, 0.25) is 0 Å². The number of halogens is 3. The first kappa shape index (κ1) is 19.2. The van der Waals surface area contributed by atoms with Crippen molar-refractivity contribution in [2.45, 2.75) is 22.2 Å². The van der Waals surface area contributed by atoms with Crippen molar-refractivity contribution >= 4 is 33.3 Å². The number of benzene rings is 1. The molecule has 23 heavy (non-hydrogen) atoms. The third-order valence-corrected chi connectivity index (χ3v) is 4.79. The minimum Gasteiger partial charge on any atom is -0.465 e. The molecule has 0 heterocycles. The van der Waals surface area contributed by atoms with Crippen molar-refractivity contribution < 1.29 is 36.0 Å². The molecule has 7 nitrogen and oxygen atoms in total. The Hall–Kier alpha value is -1.82. The summed E-state index contributed by atoms with van der Waals surface area (Å²) in [7, 11) is -5.64. The third-order valence-electron chi connectivity index (χ3n) is 2.35. The summed E-state index contributed by atoms with van der Waals surface area (Å²) in [5.74, 6) is -1.56. The average molecular weight is 373 g/mol. The van der Waals surface area contributed by atoms with Crippen LogP contribution in [0.5, 0.6) is 0 Å². The molecule has 12 heteroatoms. The van der Waals surface area contributed by atoms with Gasteiger partial charge in [0.15, 0.2) is 10.8 Å². The Kier molecular flexibility index (Phi) is 6.38. The summed E-state index contributed by atoms with van der Waals surface area (Å²) in [6.45, 7) is 1.52. The van der Waals surface area contributed by atoms with E-state index in [4.69, 9.17) is 0 Å². The summed E-state index contributed by atoms with van der Waals surface area (Å²) in [6.07, 6.45) is 0. The molecule has 0 N–H and O–H groups in total. The maximum absolute atomic E-state index is 12.4. The molecule has 0 saturated carbocycles. The SMILES string of the molecule is CCOC(=O)CS(=O)c1ccc(S(=O)C(F)(F)F)cc1[N+](=O)[O-]. The number of alkyl halides is 3. The first-order valence-corrected chi connectivity index (χ1v) is 8.35. The van der Waals surface area contributed by atoms with Crippen LogP contribution in [0, 0.1) is 10.1 Å². The molecular weight excluding hydrogens is 363 g/mol. The van der Waals surface area contributed by atoms with Crippen LogP contribution >= 0.6 is 0 Å². The summed E-state index contributed by atoms with van der Waals surface area (Å²) in [4.78, 5) is 19.8. The number of nitro groups is 1. The van der Waals surface area contributed by atoms with Crippen LogP contribution in [0.4, 0.5) is 18.9 Å². The van der Waals surface area contributed by atoms with Gasteiger partial charge in [-0.25, -0.2) is 4.21 Å². The van der Waals surface area contributed by atoms with Crippen molar-refractivity contribution in [1.82, 2.24) is 0 Å². The maximum atomic E-state index is 12.4. The van der Waals surface area contributed by atoms with Gasteiger partial charge in [-0.15, -0.1) is 0 Å². The molecule has 0 aliphatic heterocycles. The van der Waals surface area contributed by atoms with Crippen LogP contribution in [-0.4, -0.2) is 37.2 Å². The van der Waals surface area contributed by atoms with Gasteiger partial charge >= 0.3 is 11.5 Å². The van der Waals surface area contributed by atoms with Crippen molar-refractivity contribution in [1.29, 1.82) is 0 Å². The number of esters is 1. The summed E-state index contributed by atoms with van der Waals surface area (Å²) in [5, 5.41) is 10.9. The van der Waals surface area contributed by atoms with E-state index < -0.39 is 59.2 Å². The minimum atomic E-state index is -5.08. The molecule has 0 radical (unpaired) electrons. The van der Waals surface area contributed by atoms with Gasteiger partial charge in [-0.3, -0.25) is 19.1 Å². The van der Waals surface area contributed by atoms with Gasteiger partial charge in [0, 0.05) is 6.07 Å². The Morgan fingerprint density at radius 3 is 2.43 bits per heavy atom. The average Bonchev–Trinajstić information content (AvgIpc) is 2.44. The summed E-state index contributed by atoms with van der Waals surface area (Å²) in [6, 6.07) is 1.93. The molecule has 2 atom stereocenters. The minimum absolute atomic E-state index is 0.0155. The fraction of sp³-hybridized carbons (Fsp3) is 0.364. The molecule has 0 bridgehead atoms. The fourth-order valence-electron chi connectivity index (χ4n) is 1.47. The van der Waals surface area contributed by atoms with E-state index in [-0.39, 0.29) is 6.61 Å². The zero-order valence-corrected chi connectivity index (χ0v) is 13.1. The van der Waals surface area contributed by atoms with Crippen LogP contribution in [0.1, 0.15) is 6.92 Å². The van der Waals surface area contributed by atoms with Crippen molar-refractivity contribution in [2.24, 2.45) is 0 Å². The first-order chi connectivity index (χ1) is 10.6. The van der Waals surface area contributed by atoms with E-state index in [1.54, 1.807) is 0 Å². The Balaban J connectivity index is 3.20. The predicted molar refractivity (Wildman–Crippen MR) is 73.5 cm³/mol. The molecule has 1 aromatic carbocycles. The monoisotopic (exact) mass is 373 g/mol. The number of carbonyl (C=O) groups excluding carboxylic acids is 1. The quantitative estimate of drug-likeness (QED) is 0.429. The molecule has 1 rings (SSSR count). The van der Waals surface area contributed by atoms with E-state index in [1.165, 1.54) is 6.92 Å². The number of rotatable bonds is 6. The van der Waals surface area contributed by atoms with Crippen LogP contribution in [0.25, 0.3) is 0 Å². The van der Waals surface area contributed by atoms with Gasteiger partial charge in [0.25, 0.3) is 5.69 Å². The Bertz CT molecular complexity index is 676. The van der Waals surface area contributed by atoms with Crippen LogP contribution in [0.3, 0.4) is 0 Å². The fourth-order valence-corrected chi connectivity index (χ4v) is 3.19. The van der Waals surface area contributed by atoms with Crippen molar-refractivity contribution in [3.63, 3.8) is 0 Å². The van der Waals surface area contributed by atoms with Crippen LogP contribution in [-0.2, 0) is 31.1 Å². The van der Waals surface area contributed by atoms with Crippen molar-refractivity contribution in [3.05, 3.63) is 28.3 Å². The number of hydrogen-bond acceptors (Lipinski definition) is 6. The van der Waals surface area contributed by atoms with Crippen LogP contribution in [0.15, 0.2) is 28.0 Å². The predicted octanol–water partition coefficient (Wildman–Crippen LogP) is 1.89. The lowest BCUT2D eigenvalue weighted by molar-refractivity contribution is -0.388. The van der Waals surface area contributed by atoms with Crippen molar-refractivity contribution in [3.8, 4) is 0 Å². The molecule has 0 saturated heterocycles. The van der Waals surface area contributed by atoms with Gasteiger partial charge in [0.1, 0.15) is 10.6 Å². The lowest BCUT2D eigenvalue weighted by Crippen LogP contribution is -2.17. The van der Waals surface area contributed by atoms with Gasteiger partial charge in [0.05, 0.1) is 27.2 Å². The lowest BCUT2D eigenvalue weighted by Gasteiger charge is -2.08.